The minimum absolute atomic E-state index is 0.0399. The Hall–Kier alpha value is -1.53. The van der Waals surface area contributed by atoms with Crippen molar-refractivity contribution in [2.24, 2.45) is 0 Å². The highest BCUT2D eigenvalue weighted by Gasteiger charge is 2.32. The second-order valence-electron chi connectivity index (χ2n) is 9.24. The lowest BCUT2D eigenvalue weighted by molar-refractivity contribution is 0.397. The van der Waals surface area contributed by atoms with Crippen LogP contribution in [0.4, 0.5) is 5.69 Å². The third-order valence-electron chi connectivity index (χ3n) is 5.49. The van der Waals surface area contributed by atoms with Crippen LogP contribution in [0.5, 0.6) is 5.75 Å². The number of benzene rings is 2. The van der Waals surface area contributed by atoms with Gasteiger partial charge in [0.25, 0.3) is 0 Å². The highest BCUT2D eigenvalue weighted by Crippen LogP contribution is 2.50. The predicted molar refractivity (Wildman–Crippen MR) is 127 cm³/mol. The number of anilines is 1. The highest BCUT2D eigenvalue weighted by atomic mass is 31.1. The van der Waals surface area contributed by atoms with Gasteiger partial charge in [-0.05, 0) is 41.3 Å². The van der Waals surface area contributed by atoms with Gasteiger partial charge in [0.2, 0.25) is 0 Å². The van der Waals surface area contributed by atoms with E-state index in [1.807, 2.05) is 7.11 Å². The molecule has 0 heterocycles. The maximum Gasteiger partial charge on any atom is 0.125 e. The number of hydrogen-bond acceptors (Lipinski definition) is 2. The van der Waals surface area contributed by atoms with E-state index in [1.165, 1.54) is 27.7 Å². The average molecular weight is 400 g/mol. The molecule has 0 radical (unpaired) electrons. The number of nitrogens with zero attached hydrogens (tertiary/aromatic N) is 1. The normalized spacial score (nSPS) is 14.3. The Labute approximate surface area is 174 Å². The lowest BCUT2D eigenvalue weighted by atomic mass is 9.82. The van der Waals surface area contributed by atoms with E-state index in [9.17, 15) is 0 Å². The molecule has 2 aromatic rings. The van der Waals surface area contributed by atoms with Gasteiger partial charge >= 0.3 is 0 Å². The van der Waals surface area contributed by atoms with Gasteiger partial charge in [0.05, 0.1) is 7.11 Å². The molecule has 2 nitrogen and oxygen atoms in total. The van der Waals surface area contributed by atoms with Crippen molar-refractivity contribution in [3.63, 3.8) is 0 Å². The lowest BCUT2D eigenvalue weighted by Crippen LogP contribution is -2.25. The first-order chi connectivity index (χ1) is 13.0. The molecule has 0 aliphatic carbocycles. The van der Waals surface area contributed by atoms with E-state index in [0.29, 0.717) is 8.58 Å². The molecule has 0 fully saturated rings. The van der Waals surface area contributed by atoms with Crippen LogP contribution in [0.1, 0.15) is 64.2 Å². The summed E-state index contributed by atoms with van der Waals surface area (Å²) in [4.78, 5) is 2.22. The van der Waals surface area contributed by atoms with Crippen LogP contribution < -0.4 is 14.9 Å². The van der Waals surface area contributed by atoms with Crippen LogP contribution in [0, 0.1) is 6.92 Å². The molecule has 0 N–H and O–H groups in total. The van der Waals surface area contributed by atoms with Gasteiger partial charge in [-0.25, -0.2) is 0 Å². The second-order valence-corrected chi connectivity index (χ2v) is 11.1. The fraction of sp³-hybridized carbons (Fsp3) is 0.520. The van der Waals surface area contributed by atoms with Crippen molar-refractivity contribution in [1.82, 2.24) is 0 Å². The topological polar surface area (TPSA) is 12.5 Å². The Morgan fingerprint density at radius 3 is 2.21 bits per heavy atom. The zero-order chi connectivity index (χ0) is 21.1. The molecular weight excluding hydrogens is 361 g/mol. The molecule has 28 heavy (non-hydrogen) atoms. The molecular formula is C25H38NOP. The van der Waals surface area contributed by atoms with Gasteiger partial charge in [0.1, 0.15) is 5.75 Å². The fourth-order valence-electron chi connectivity index (χ4n) is 3.92. The summed E-state index contributed by atoms with van der Waals surface area (Å²) in [5.41, 5.74) is 5.40. The average Bonchev–Trinajstić information content (AvgIpc) is 2.60. The summed E-state index contributed by atoms with van der Waals surface area (Å²) in [7, 11) is 6.75. The number of ether oxygens (including phenoxy) is 1. The number of rotatable bonds is 7. The summed E-state index contributed by atoms with van der Waals surface area (Å²) in [6.07, 6.45) is 2.28. The summed E-state index contributed by atoms with van der Waals surface area (Å²) in [6.45, 7) is 13.8. The van der Waals surface area contributed by atoms with Gasteiger partial charge in [-0.2, -0.15) is 0 Å². The Morgan fingerprint density at radius 1 is 1.04 bits per heavy atom. The molecule has 0 spiro atoms. The predicted octanol–water partition coefficient (Wildman–Crippen LogP) is 6.39. The molecule has 2 unspecified atom stereocenters. The van der Waals surface area contributed by atoms with Gasteiger partial charge in [-0.15, -0.1) is 0 Å². The highest BCUT2D eigenvalue weighted by molar-refractivity contribution is 7.49. The van der Waals surface area contributed by atoms with Crippen LogP contribution in [-0.2, 0) is 10.6 Å². The van der Waals surface area contributed by atoms with Gasteiger partial charge in [0, 0.05) is 30.5 Å². The molecule has 3 heteroatoms. The fourth-order valence-corrected chi connectivity index (χ4v) is 5.82. The van der Waals surface area contributed by atoms with Crippen molar-refractivity contribution in [1.29, 1.82) is 0 Å². The zero-order valence-electron chi connectivity index (χ0n) is 19.2. The summed E-state index contributed by atoms with van der Waals surface area (Å²) in [6, 6.07) is 13.5. The molecule has 0 aromatic heterocycles. The van der Waals surface area contributed by atoms with Crippen LogP contribution in [0.3, 0.4) is 0 Å². The van der Waals surface area contributed by atoms with E-state index in [-0.39, 0.29) is 10.6 Å². The zero-order valence-corrected chi connectivity index (χ0v) is 20.2. The molecule has 0 bridgehead atoms. The minimum atomic E-state index is 0.0399. The summed E-state index contributed by atoms with van der Waals surface area (Å²) >= 11 is 0. The van der Waals surface area contributed by atoms with Crippen LogP contribution in [0.2, 0.25) is 0 Å². The Bertz CT molecular complexity index is 807. The first-order valence-corrected chi connectivity index (χ1v) is 11.3. The van der Waals surface area contributed by atoms with Gasteiger partial charge in [-0.3, -0.25) is 0 Å². The second kappa shape index (κ2) is 8.87. The molecule has 0 aliphatic rings. The maximum atomic E-state index is 5.95. The maximum absolute atomic E-state index is 5.95. The minimum Gasteiger partial charge on any atom is -0.496 e. The molecule has 2 rings (SSSR count). The number of hydrogen-bond donors (Lipinski definition) is 0. The van der Waals surface area contributed by atoms with Crippen molar-refractivity contribution in [2.75, 3.05) is 26.1 Å². The summed E-state index contributed by atoms with van der Waals surface area (Å²) < 4.78 is 5.95. The molecule has 0 saturated heterocycles. The van der Waals surface area contributed by atoms with Gasteiger partial charge in [-0.1, -0.05) is 80.0 Å². The third-order valence-corrected chi connectivity index (χ3v) is 7.25. The van der Waals surface area contributed by atoms with Crippen LogP contribution in [0.25, 0.3) is 0 Å². The van der Waals surface area contributed by atoms with Crippen molar-refractivity contribution < 1.29 is 4.74 Å². The molecule has 0 saturated carbocycles. The van der Waals surface area contributed by atoms with Crippen LogP contribution in [-0.4, -0.2) is 21.2 Å². The molecule has 2 atom stereocenters. The van der Waals surface area contributed by atoms with E-state index in [0.717, 1.165) is 18.6 Å². The first-order valence-electron chi connectivity index (χ1n) is 10.3. The number of aryl methyl sites for hydroxylation is 1. The number of methoxy groups -OCH3 is 1. The largest absolute Gasteiger partial charge is 0.496 e. The summed E-state index contributed by atoms with van der Waals surface area (Å²) in [5, 5.41) is 1.46. The van der Waals surface area contributed by atoms with E-state index in [1.54, 1.807) is 0 Å². The van der Waals surface area contributed by atoms with Crippen molar-refractivity contribution >= 4 is 19.6 Å². The molecule has 2 aromatic carbocycles. The van der Waals surface area contributed by atoms with Crippen LogP contribution in [0.15, 0.2) is 36.4 Å². The molecule has 0 amide bonds. The number of para-hydroxylation sites is 1. The van der Waals surface area contributed by atoms with E-state index in [4.69, 9.17) is 4.74 Å². The van der Waals surface area contributed by atoms with Crippen molar-refractivity contribution in [3.8, 4) is 5.75 Å². The van der Waals surface area contributed by atoms with E-state index >= 15 is 0 Å². The SMILES string of the molecule is CCCC(C)(Pc1ccccc1N(C)C)c1cc(C(C)(C)C)cc(C)c1OC. The monoisotopic (exact) mass is 399 g/mol. The van der Waals surface area contributed by atoms with E-state index in [2.05, 4.69) is 96.9 Å². The quantitative estimate of drug-likeness (QED) is 0.500. The van der Waals surface area contributed by atoms with Crippen molar-refractivity contribution in [3.05, 3.63) is 53.1 Å². The Balaban J connectivity index is 2.67. The molecule has 154 valence electrons. The van der Waals surface area contributed by atoms with Crippen molar-refractivity contribution in [2.45, 2.75) is 65.0 Å². The Kier molecular flexibility index (Phi) is 7.21. The van der Waals surface area contributed by atoms with Gasteiger partial charge < -0.3 is 9.64 Å². The molecule has 0 aliphatic heterocycles. The van der Waals surface area contributed by atoms with E-state index < -0.39 is 0 Å². The Morgan fingerprint density at radius 2 is 1.68 bits per heavy atom. The standard InChI is InChI=1S/C25H38NOP/c1-10-15-25(6,28-22-14-12-11-13-21(22)26(7)8)20-17-19(24(3,4)5)16-18(2)23(20)27-9/h11-14,16-17,28H,10,15H2,1-9H3. The smallest absolute Gasteiger partial charge is 0.125 e. The van der Waals surface area contributed by atoms with Crippen LogP contribution >= 0.6 is 8.58 Å². The summed E-state index contributed by atoms with van der Waals surface area (Å²) in [5.74, 6) is 1.05. The lowest BCUT2D eigenvalue weighted by Gasteiger charge is -2.35. The van der Waals surface area contributed by atoms with Gasteiger partial charge in [0.15, 0.2) is 0 Å². The first kappa shape index (κ1) is 22.8. The third kappa shape index (κ3) is 4.90.